The molecule has 5 atom stereocenters. The van der Waals surface area contributed by atoms with Crippen LogP contribution in [0.5, 0.6) is 0 Å². The first-order valence-electron chi connectivity index (χ1n) is 12.6. The third-order valence-corrected chi connectivity index (χ3v) is 8.14. The smallest absolute Gasteiger partial charge is 0.222 e. The first-order chi connectivity index (χ1) is 15.1. The van der Waals surface area contributed by atoms with Gasteiger partial charge >= 0.3 is 0 Å². The summed E-state index contributed by atoms with van der Waals surface area (Å²) in [5, 5.41) is 11.0. The van der Waals surface area contributed by atoms with E-state index in [-0.39, 0.29) is 5.54 Å². The first-order valence-corrected chi connectivity index (χ1v) is 12.6. The van der Waals surface area contributed by atoms with Crippen molar-refractivity contribution >= 4 is 5.91 Å². The average Bonchev–Trinajstić information content (AvgIpc) is 3.43. The lowest BCUT2D eigenvalue weighted by Gasteiger charge is -2.42. The summed E-state index contributed by atoms with van der Waals surface area (Å²) in [6.45, 7) is 10.5. The van der Waals surface area contributed by atoms with Crippen molar-refractivity contribution in [3.05, 3.63) is 35.9 Å². The lowest BCUT2D eigenvalue weighted by molar-refractivity contribution is -0.132. The van der Waals surface area contributed by atoms with E-state index in [1.54, 1.807) is 0 Å². The third-order valence-electron chi connectivity index (χ3n) is 8.14. The van der Waals surface area contributed by atoms with Crippen molar-refractivity contribution in [1.82, 2.24) is 20.9 Å². The summed E-state index contributed by atoms with van der Waals surface area (Å²) in [5.41, 5.74) is 1.69. The molecule has 172 valence electrons. The number of hydrogen-bond acceptors (Lipinski definition) is 4. The van der Waals surface area contributed by atoms with Crippen LogP contribution in [0.2, 0.25) is 0 Å². The van der Waals surface area contributed by atoms with Gasteiger partial charge in [-0.15, -0.1) is 0 Å². The molecular formula is C26H42N4O. The molecule has 2 bridgehead atoms. The van der Waals surface area contributed by atoms with Crippen molar-refractivity contribution in [2.24, 2.45) is 17.8 Å². The van der Waals surface area contributed by atoms with Crippen molar-refractivity contribution in [3.63, 3.8) is 0 Å². The van der Waals surface area contributed by atoms with Crippen molar-refractivity contribution in [2.75, 3.05) is 39.3 Å². The van der Waals surface area contributed by atoms with Gasteiger partial charge in [-0.25, -0.2) is 0 Å². The van der Waals surface area contributed by atoms with Gasteiger partial charge in [-0.3, -0.25) is 4.79 Å². The molecule has 0 aliphatic carbocycles. The Morgan fingerprint density at radius 3 is 2.61 bits per heavy atom. The Hall–Kier alpha value is -1.43. The number of benzene rings is 1. The molecule has 1 aromatic carbocycles. The maximum absolute atomic E-state index is 12.7. The van der Waals surface area contributed by atoms with E-state index in [2.05, 4.69) is 60.1 Å². The van der Waals surface area contributed by atoms with E-state index in [1.165, 1.54) is 24.8 Å². The van der Waals surface area contributed by atoms with Gasteiger partial charge in [-0.05, 0) is 49.0 Å². The highest BCUT2D eigenvalue weighted by atomic mass is 16.2. The van der Waals surface area contributed by atoms with Crippen LogP contribution in [-0.2, 0) is 11.2 Å². The Bertz CT molecular complexity index is 695. The van der Waals surface area contributed by atoms with Gasteiger partial charge in [0.2, 0.25) is 5.91 Å². The molecule has 3 saturated heterocycles. The summed E-state index contributed by atoms with van der Waals surface area (Å²) in [4.78, 5) is 14.7. The summed E-state index contributed by atoms with van der Waals surface area (Å²) >= 11 is 0. The molecule has 0 spiro atoms. The van der Waals surface area contributed by atoms with Crippen molar-refractivity contribution in [2.45, 2.75) is 64.0 Å². The Morgan fingerprint density at radius 1 is 1.23 bits per heavy atom. The van der Waals surface area contributed by atoms with Crippen molar-refractivity contribution < 1.29 is 4.79 Å². The number of carbonyl (C=O) groups excluding carboxylic acids is 1. The maximum Gasteiger partial charge on any atom is 0.222 e. The molecule has 31 heavy (non-hydrogen) atoms. The second-order valence-corrected chi connectivity index (χ2v) is 10.3. The molecule has 3 fully saturated rings. The van der Waals surface area contributed by atoms with Crippen LogP contribution in [0, 0.1) is 17.8 Å². The molecule has 5 nitrogen and oxygen atoms in total. The predicted molar refractivity (Wildman–Crippen MR) is 127 cm³/mol. The van der Waals surface area contributed by atoms with Crippen LogP contribution >= 0.6 is 0 Å². The number of hydrogen-bond donors (Lipinski definition) is 3. The normalized spacial score (nSPS) is 28.5. The number of piperazine rings is 2. The number of nitrogens with one attached hydrogen (secondary N) is 3. The van der Waals surface area contributed by atoms with Crippen LogP contribution in [0.15, 0.2) is 30.3 Å². The first kappa shape index (κ1) is 22.8. The molecule has 0 saturated carbocycles. The van der Waals surface area contributed by atoms with Crippen molar-refractivity contribution in [3.8, 4) is 0 Å². The minimum Gasteiger partial charge on any atom is -0.340 e. The van der Waals surface area contributed by atoms with Gasteiger partial charge in [0, 0.05) is 57.3 Å². The number of nitrogens with zero attached hydrogens (tertiary/aromatic N) is 1. The Labute approximate surface area is 188 Å². The van der Waals surface area contributed by atoms with Gasteiger partial charge in [-0.2, -0.15) is 0 Å². The minimum atomic E-state index is 0.233. The Kier molecular flexibility index (Phi) is 7.68. The minimum absolute atomic E-state index is 0.233. The fraction of sp³-hybridized carbons (Fsp3) is 0.731. The molecule has 3 aliphatic rings. The average molecular weight is 427 g/mol. The molecule has 1 aromatic rings. The van der Waals surface area contributed by atoms with Gasteiger partial charge in [-0.1, -0.05) is 50.6 Å². The second kappa shape index (κ2) is 10.5. The molecule has 0 radical (unpaired) electrons. The topological polar surface area (TPSA) is 56.4 Å². The van der Waals surface area contributed by atoms with E-state index < -0.39 is 0 Å². The van der Waals surface area contributed by atoms with Gasteiger partial charge in [0.15, 0.2) is 0 Å². The van der Waals surface area contributed by atoms with Gasteiger partial charge < -0.3 is 20.9 Å². The zero-order valence-corrected chi connectivity index (χ0v) is 19.5. The van der Waals surface area contributed by atoms with E-state index in [9.17, 15) is 4.79 Å². The van der Waals surface area contributed by atoms with Crippen molar-refractivity contribution in [1.29, 1.82) is 0 Å². The SMILES string of the molecule is CCC(Cc1ccccc1)C(CC(C)CCC(=O)N1CCNCC1)C12CNC(CN1)C2. The lowest BCUT2D eigenvalue weighted by atomic mass is 9.68. The monoisotopic (exact) mass is 426 g/mol. The zero-order valence-electron chi connectivity index (χ0n) is 19.5. The number of rotatable bonds is 10. The van der Waals surface area contributed by atoms with Crippen LogP contribution in [0.1, 0.15) is 51.5 Å². The predicted octanol–water partition coefficient (Wildman–Crippen LogP) is 2.81. The molecule has 5 heteroatoms. The van der Waals surface area contributed by atoms with Crippen LogP contribution in [-0.4, -0.2) is 61.7 Å². The molecule has 1 amide bonds. The fourth-order valence-electron chi connectivity index (χ4n) is 6.28. The molecule has 3 heterocycles. The standard InChI is InChI=1S/C26H42N4O/c1-3-22(16-21-7-5-4-6-8-21)24(26-17-23(18-29-26)28-19-26)15-20(2)9-10-25(31)30-13-11-27-12-14-30/h4-8,20,22-24,27-29H,3,9-19H2,1-2H3. The summed E-state index contributed by atoms with van der Waals surface area (Å²) in [5.74, 6) is 2.22. The quantitative estimate of drug-likeness (QED) is 0.539. The molecular weight excluding hydrogens is 384 g/mol. The number of fused-ring (bicyclic) bond motifs is 2. The Morgan fingerprint density at radius 2 is 2.00 bits per heavy atom. The van der Waals surface area contributed by atoms with E-state index >= 15 is 0 Å². The van der Waals surface area contributed by atoms with Crippen LogP contribution in [0.25, 0.3) is 0 Å². The van der Waals surface area contributed by atoms with E-state index in [0.29, 0.717) is 36.1 Å². The summed E-state index contributed by atoms with van der Waals surface area (Å²) < 4.78 is 0. The van der Waals surface area contributed by atoms with Gasteiger partial charge in [0.1, 0.15) is 0 Å². The largest absolute Gasteiger partial charge is 0.340 e. The van der Waals surface area contributed by atoms with E-state index in [0.717, 1.165) is 52.1 Å². The number of amides is 1. The third kappa shape index (κ3) is 5.50. The Balaban J connectivity index is 1.41. The van der Waals surface area contributed by atoms with Gasteiger partial charge in [0.05, 0.1) is 0 Å². The molecule has 3 N–H and O–H groups in total. The van der Waals surface area contributed by atoms with Crippen LogP contribution in [0.4, 0.5) is 0 Å². The molecule has 3 aliphatic heterocycles. The maximum atomic E-state index is 12.7. The highest BCUT2D eigenvalue weighted by molar-refractivity contribution is 5.76. The zero-order chi connectivity index (χ0) is 21.7. The van der Waals surface area contributed by atoms with Crippen LogP contribution < -0.4 is 16.0 Å². The molecule has 5 unspecified atom stereocenters. The fourth-order valence-corrected chi connectivity index (χ4v) is 6.28. The molecule has 4 rings (SSSR count). The van der Waals surface area contributed by atoms with E-state index in [4.69, 9.17) is 0 Å². The second-order valence-electron chi connectivity index (χ2n) is 10.3. The highest BCUT2D eigenvalue weighted by Gasteiger charge is 2.51. The summed E-state index contributed by atoms with van der Waals surface area (Å²) in [6, 6.07) is 11.7. The highest BCUT2D eigenvalue weighted by Crippen LogP contribution is 2.42. The van der Waals surface area contributed by atoms with E-state index in [1.807, 2.05) is 4.90 Å². The summed E-state index contributed by atoms with van der Waals surface area (Å²) in [6.07, 6.45) is 6.54. The van der Waals surface area contributed by atoms with Gasteiger partial charge in [0.25, 0.3) is 0 Å². The van der Waals surface area contributed by atoms with Crippen LogP contribution in [0.3, 0.4) is 0 Å². The number of carbonyl (C=O) groups is 1. The summed E-state index contributed by atoms with van der Waals surface area (Å²) in [7, 11) is 0. The lowest BCUT2D eigenvalue weighted by Crippen LogP contribution is -2.56. The molecule has 0 aromatic heterocycles.